The van der Waals surface area contributed by atoms with Gasteiger partial charge in [-0.3, -0.25) is 0 Å². The molecule has 1 radical (unpaired) electrons. The molecule has 0 amide bonds. The molecule has 31 valence electrons. The van der Waals surface area contributed by atoms with Gasteiger partial charge in [0.25, 0.3) is 0 Å². The fourth-order valence-electron chi connectivity index (χ4n) is 0. The molecule has 0 heterocycles. The number of hydrogen-bond acceptors (Lipinski definition) is 1. The van der Waals surface area contributed by atoms with E-state index in [9.17, 15) is 0 Å². The van der Waals surface area contributed by atoms with Crippen molar-refractivity contribution in [3.63, 3.8) is 0 Å². The first-order chi connectivity index (χ1) is 2.27. The Morgan fingerprint density at radius 1 is 1.60 bits per heavy atom. The largest absolute Gasteiger partial charge is 0.463 e. The summed E-state index contributed by atoms with van der Waals surface area (Å²) in [6, 6.07) is 0. The van der Waals surface area contributed by atoms with E-state index >= 15 is 0 Å². The Balaban J connectivity index is 2.54. The zero-order valence-corrected chi connectivity index (χ0v) is 6.26. The van der Waals surface area contributed by atoms with Crippen molar-refractivity contribution in [2.45, 2.75) is 13.1 Å². The minimum atomic E-state index is -0.637. The third-order valence-corrected chi connectivity index (χ3v) is 3.00. The molecule has 0 aromatic rings. The molecule has 0 aliphatic rings. The molecule has 0 spiro atoms. The molecule has 0 rings (SSSR count). The molecule has 0 fully saturated rings. The topological polar surface area (TPSA) is 9.23 Å². The Morgan fingerprint density at radius 3 is 1.80 bits per heavy atom. The van der Waals surface area contributed by atoms with E-state index in [0.29, 0.717) is 0 Å². The fourth-order valence-corrected chi connectivity index (χ4v) is 0. The van der Waals surface area contributed by atoms with E-state index in [-0.39, 0.29) is 0 Å². The van der Waals surface area contributed by atoms with E-state index in [2.05, 4.69) is 13.1 Å². The summed E-state index contributed by atoms with van der Waals surface area (Å²) in [6.07, 6.45) is 0. The highest BCUT2D eigenvalue weighted by Crippen LogP contribution is 1.72. The average molecular weight is 105 g/mol. The maximum atomic E-state index is 4.92. The minimum Gasteiger partial charge on any atom is -0.463 e. The second-order valence-electron chi connectivity index (χ2n) is 1.22. The molecule has 0 atom stereocenters. The van der Waals surface area contributed by atoms with Crippen LogP contribution in [-0.4, -0.2) is 19.5 Å². The van der Waals surface area contributed by atoms with Crippen LogP contribution in [-0.2, 0) is 4.12 Å². The fraction of sp³-hybridized carbons (Fsp3) is 1.00. The Morgan fingerprint density at radius 2 is 1.80 bits per heavy atom. The van der Waals surface area contributed by atoms with E-state index in [1.165, 1.54) is 0 Å². The summed E-state index contributed by atoms with van der Waals surface area (Å²) in [4.78, 5) is 0. The van der Waals surface area contributed by atoms with Gasteiger partial charge in [0, 0.05) is 0 Å². The summed E-state index contributed by atoms with van der Waals surface area (Å²) in [5.41, 5.74) is 0. The maximum Gasteiger partial charge on any atom is 0.158 e. The molecule has 3 heteroatoms. The third kappa shape index (κ3) is 4.39. The molecule has 5 heavy (non-hydrogen) atoms. The van der Waals surface area contributed by atoms with Gasteiger partial charge in [-0.1, -0.05) is 0 Å². The predicted octanol–water partition coefficient (Wildman–Crippen LogP) is -0.466. The van der Waals surface area contributed by atoms with E-state index in [4.69, 9.17) is 4.12 Å². The van der Waals surface area contributed by atoms with E-state index < -0.39 is 9.04 Å². The van der Waals surface area contributed by atoms with Gasteiger partial charge in [0.1, 0.15) is 0 Å². The molecule has 0 saturated carbocycles. The highest BCUT2D eigenvalue weighted by Gasteiger charge is 1.82. The van der Waals surface area contributed by atoms with Crippen LogP contribution in [0.25, 0.3) is 0 Å². The van der Waals surface area contributed by atoms with Gasteiger partial charge in [0.2, 0.25) is 0 Å². The van der Waals surface area contributed by atoms with Crippen molar-refractivity contribution in [2.24, 2.45) is 0 Å². The standard InChI is InChI=1S/C2H9OSi2/c1-5(2)3-4/h5H,4H2,1-2H3. The van der Waals surface area contributed by atoms with Crippen LogP contribution in [0, 0.1) is 0 Å². The second-order valence-corrected chi connectivity index (χ2v) is 4.65. The van der Waals surface area contributed by atoms with Crippen molar-refractivity contribution >= 4 is 19.5 Å². The predicted molar refractivity (Wildman–Crippen MR) is 28.5 cm³/mol. The summed E-state index contributed by atoms with van der Waals surface area (Å²) in [5.74, 6) is 0. The van der Waals surface area contributed by atoms with Crippen molar-refractivity contribution in [1.29, 1.82) is 0 Å². The summed E-state index contributed by atoms with van der Waals surface area (Å²) in [6.45, 7) is 4.29. The first-order valence-electron chi connectivity index (χ1n) is 1.68. The lowest BCUT2D eigenvalue weighted by Crippen LogP contribution is -2.02. The zero-order chi connectivity index (χ0) is 4.28. The van der Waals surface area contributed by atoms with Crippen LogP contribution < -0.4 is 0 Å². The van der Waals surface area contributed by atoms with Crippen LogP contribution in [0.2, 0.25) is 13.1 Å². The second kappa shape index (κ2) is 2.62. The van der Waals surface area contributed by atoms with Crippen LogP contribution in [0.3, 0.4) is 0 Å². The lowest BCUT2D eigenvalue weighted by Gasteiger charge is -1.93. The summed E-state index contributed by atoms with van der Waals surface area (Å²) >= 11 is 0. The Hall–Kier alpha value is 0.394. The Kier molecular flexibility index (Phi) is 2.83. The van der Waals surface area contributed by atoms with Crippen LogP contribution in [0.15, 0.2) is 0 Å². The highest BCUT2D eigenvalue weighted by atomic mass is 28.3. The zero-order valence-electron chi connectivity index (χ0n) is 3.69. The first kappa shape index (κ1) is 5.39. The van der Waals surface area contributed by atoms with Gasteiger partial charge in [-0.2, -0.15) is 0 Å². The molecular formula is C2H9OSi2. The van der Waals surface area contributed by atoms with Gasteiger partial charge >= 0.3 is 0 Å². The van der Waals surface area contributed by atoms with Gasteiger partial charge in [-0.05, 0) is 13.1 Å². The molecule has 1 nitrogen and oxygen atoms in total. The maximum absolute atomic E-state index is 4.92. The molecule has 0 aliphatic carbocycles. The lowest BCUT2D eigenvalue weighted by molar-refractivity contribution is 0.647. The monoisotopic (exact) mass is 105 g/mol. The van der Waals surface area contributed by atoms with E-state index in [1.54, 1.807) is 10.5 Å². The normalized spacial score (nSPS) is 9.60. The highest BCUT2D eigenvalue weighted by molar-refractivity contribution is 6.52. The van der Waals surface area contributed by atoms with Crippen molar-refractivity contribution in [3.05, 3.63) is 0 Å². The van der Waals surface area contributed by atoms with Crippen molar-refractivity contribution in [3.8, 4) is 0 Å². The SMILES string of the molecule is C[SiH](C)O[SiH2]. The first-order valence-corrected chi connectivity index (χ1v) is 5.04. The van der Waals surface area contributed by atoms with Crippen molar-refractivity contribution < 1.29 is 4.12 Å². The smallest absolute Gasteiger partial charge is 0.158 e. The van der Waals surface area contributed by atoms with E-state index in [0.717, 1.165) is 0 Å². The number of rotatable bonds is 1. The van der Waals surface area contributed by atoms with Gasteiger partial charge in [0.15, 0.2) is 19.5 Å². The molecule has 0 bridgehead atoms. The molecule has 0 unspecified atom stereocenters. The van der Waals surface area contributed by atoms with Crippen LogP contribution in [0.4, 0.5) is 0 Å². The molecule has 0 N–H and O–H groups in total. The Bertz CT molecular complexity index is 21.6. The Labute approximate surface area is 37.6 Å². The molecule has 0 aliphatic heterocycles. The van der Waals surface area contributed by atoms with Gasteiger partial charge < -0.3 is 4.12 Å². The minimum absolute atomic E-state index is 0.637. The molecule has 0 aromatic heterocycles. The molecule has 0 aromatic carbocycles. The lowest BCUT2D eigenvalue weighted by atomic mass is 11.9. The third-order valence-electron chi connectivity index (χ3n) is 0.333. The van der Waals surface area contributed by atoms with Crippen molar-refractivity contribution in [1.82, 2.24) is 0 Å². The van der Waals surface area contributed by atoms with Crippen LogP contribution in [0.1, 0.15) is 0 Å². The summed E-state index contributed by atoms with van der Waals surface area (Å²) in [5, 5.41) is 0. The molecular weight excluding hydrogens is 96.2 g/mol. The average Bonchev–Trinajstić information content (AvgIpc) is 1.38. The van der Waals surface area contributed by atoms with Crippen LogP contribution in [0.5, 0.6) is 0 Å². The molecule has 0 saturated heterocycles. The van der Waals surface area contributed by atoms with E-state index in [1.807, 2.05) is 0 Å². The number of hydrogen-bond donors (Lipinski definition) is 0. The summed E-state index contributed by atoms with van der Waals surface area (Å²) in [7, 11) is 0.958. The van der Waals surface area contributed by atoms with Gasteiger partial charge in [-0.15, -0.1) is 0 Å². The summed E-state index contributed by atoms with van der Waals surface area (Å²) < 4.78 is 4.92. The quantitative estimate of drug-likeness (QED) is 0.410. The van der Waals surface area contributed by atoms with Gasteiger partial charge in [0.05, 0.1) is 0 Å². The van der Waals surface area contributed by atoms with Crippen molar-refractivity contribution in [2.75, 3.05) is 0 Å². The van der Waals surface area contributed by atoms with Gasteiger partial charge in [-0.25, -0.2) is 0 Å². The van der Waals surface area contributed by atoms with Crippen LogP contribution >= 0.6 is 0 Å².